The fourth-order valence-corrected chi connectivity index (χ4v) is 4.03. The summed E-state index contributed by atoms with van der Waals surface area (Å²) in [7, 11) is 0. The Morgan fingerprint density at radius 3 is 2.37 bits per heavy atom. The molecule has 0 radical (unpaired) electrons. The lowest BCUT2D eigenvalue weighted by atomic mass is 9.87. The van der Waals surface area contributed by atoms with Crippen molar-refractivity contribution in [2.24, 2.45) is 0 Å². The van der Waals surface area contributed by atoms with Gasteiger partial charge in [-0.1, -0.05) is 6.92 Å². The topological polar surface area (TPSA) is 28.2 Å². The van der Waals surface area contributed by atoms with E-state index in [1.54, 1.807) is 0 Å². The SMILES string of the molecule is CCN1CCC(NC(C)C)(c2nc(C)c(C)s2)CC1. The van der Waals surface area contributed by atoms with E-state index in [9.17, 15) is 0 Å². The average molecular weight is 281 g/mol. The number of hydrogen-bond acceptors (Lipinski definition) is 4. The summed E-state index contributed by atoms with van der Waals surface area (Å²) in [5.74, 6) is 0. The first-order valence-corrected chi connectivity index (χ1v) is 8.23. The maximum Gasteiger partial charge on any atom is 0.113 e. The maximum atomic E-state index is 4.85. The Hall–Kier alpha value is -0.450. The van der Waals surface area contributed by atoms with E-state index in [-0.39, 0.29) is 5.54 Å². The van der Waals surface area contributed by atoms with Gasteiger partial charge in [-0.2, -0.15) is 0 Å². The van der Waals surface area contributed by atoms with E-state index in [1.807, 2.05) is 11.3 Å². The molecule has 19 heavy (non-hydrogen) atoms. The van der Waals surface area contributed by atoms with Crippen molar-refractivity contribution < 1.29 is 0 Å². The average Bonchev–Trinajstić information content (AvgIpc) is 2.70. The molecule has 1 aliphatic rings. The van der Waals surface area contributed by atoms with Gasteiger partial charge in [0.2, 0.25) is 0 Å². The predicted octanol–water partition coefficient (Wildman–Crippen LogP) is 3.07. The van der Waals surface area contributed by atoms with Gasteiger partial charge in [0.1, 0.15) is 5.01 Å². The van der Waals surface area contributed by atoms with Crippen LogP contribution in [0.1, 0.15) is 49.2 Å². The molecule has 0 unspecified atom stereocenters. The van der Waals surface area contributed by atoms with E-state index in [2.05, 4.69) is 44.8 Å². The summed E-state index contributed by atoms with van der Waals surface area (Å²) in [6.45, 7) is 14.5. The lowest BCUT2D eigenvalue weighted by molar-refractivity contribution is 0.131. The minimum atomic E-state index is 0.101. The molecular formula is C15H27N3S. The van der Waals surface area contributed by atoms with Crippen LogP contribution in [-0.2, 0) is 5.54 Å². The van der Waals surface area contributed by atoms with E-state index in [4.69, 9.17) is 4.98 Å². The highest BCUT2D eigenvalue weighted by Gasteiger charge is 2.38. The number of hydrogen-bond donors (Lipinski definition) is 1. The zero-order valence-corrected chi connectivity index (χ0v) is 13.7. The minimum absolute atomic E-state index is 0.101. The molecule has 0 atom stereocenters. The summed E-state index contributed by atoms with van der Waals surface area (Å²) in [5, 5.41) is 5.12. The van der Waals surface area contributed by atoms with Gasteiger partial charge < -0.3 is 10.2 Å². The second kappa shape index (κ2) is 5.90. The van der Waals surface area contributed by atoms with Gasteiger partial charge in [-0.3, -0.25) is 0 Å². The third-order valence-electron chi connectivity index (χ3n) is 4.16. The number of thiazole rings is 1. The van der Waals surface area contributed by atoms with Gasteiger partial charge in [0, 0.05) is 24.0 Å². The first-order valence-electron chi connectivity index (χ1n) is 7.41. The molecule has 0 spiro atoms. The Balaban J connectivity index is 2.25. The molecule has 2 rings (SSSR count). The third kappa shape index (κ3) is 3.18. The second-order valence-electron chi connectivity index (χ2n) is 5.98. The summed E-state index contributed by atoms with van der Waals surface area (Å²) < 4.78 is 0. The van der Waals surface area contributed by atoms with Crippen LogP contribution in [0.25, 0.3) is 0 Å². The molecule has 2 heterocycles. The third-order valence-corrected chi connectivity index (χ3v) is 5.44. The van der Waals surface area contributed by atoms with Crippen molar-refractivity contribution in [1.29, 1.82) is 0 Å². The molecule has 108 valence electrons. The van der Waals surface area contributed by atoms with Crippen molar-refractivity contribution in [3.8, 4) is 0 Å². The highest BCUT2D eigenvalue weighted by atomic mass is 32.1. The molecule has 1 saturated heterocycles. The highest BCUT2D eigenvalue weighted by Crippen LogP contribution is 2.36. The fourth-order valence-electron chi connectivity index (χ4n) is 2.90. The van der Waals surface area contributed by atoms with Gasteiger partial charge >= 0.3 is 0 Å². The first-order chi connectivity index (χ1) is 8.97. The minimum Gasteiger partial charge on any atom is -0.303 e. The first kappa shape index (κ1) is 14.9. The van der Waals surface area contributed by atoms with Crippen LogP contribution in [0.4, 0.5) is 0 Å². The van der Waals surface area contributed by atoms with Crippen molar-refractivity contribution >= 4 is 11.3 Å². The molecule has 0 aliphatic carbocycles. The van der Waals surface area contributed by atoms with Crippen LogP contribution in [0, 0.1) is 13.8 Å². The molecular weight excluding hydrogens is 254 g/mol. The number of aromatic nitrogens is 1. The summed E-state index contributed by atoms with van der Waals surface area (Å²) >= 11 is 1.88. The van der Waals surface area contributed by atoms with Crippen LogP contribution in [0.3, 0.4) is 0 Å². The van der Waals surface area contributed by atoms with Crippen LogP contribution in [0.15, 0.2) is 0 Å². The summed E-state index contributed by atoms with van der Waals surface area (Å²) in [5.41, 5.74) is 1.30. The molecule has 1 N–H and O–H groups in total. The van der Waals surface area contributed by atoms with Crippen molar-refractivity contribution in [2.45, 2.75) is 59.0 Å². The predicted molar refractivity (Wildman–Crippen MR) is 82.9 cm³/mol. The number of piperidine rings is 1. The zero-order valence-electron chi connectivity index (χ0n) is 12.9. The molecule has 3 nitrogen and oxygen atoms in total. The summed E-state index contributed by atoms with van der Waals surface area (Å²) in [4.78, 5) is 8.74. The van der Waals surface area contributed by atoms with Crippen LogP contribution >= 0.6 is 11.3 Å². The van der Waals surface area contributed by atoms with Crippen LogP contribution in [0.5, 0.6) is 0 Å². The van der Waals surface area contributed by atoms with E-state index < -0.39 is 0 Å². The Labute approximate surface area is 121 Å². The molecule has 1 fully saturated rings. The standard InChI is InChI=1S/C15H27N3S/c1-6-18-9-7-15(8-10-18,17-11(2)3)14-16-12(4)13(5)19-14/h11,17H,6-10H2,1-5H3. The Morgan fingerprint density at radius 1 is 1.32 bits per heavy atom. The molecule has 0 saturated carbocycles. The van der Waals surface area contributed by atoms with Crippen molar-refractivity contribution in [3.05, 3.63) is 15.6 Å². The van der Waals surface area contributed by atoms with Gasteiger partial charge in [-0.25, -0.2) is 4.98 Å². The van der Waals surface area contributed by atoms with Crippen molar-refractivity contribution in [3.63, 3.8) is 0 Å². The lowest BCUT2D eigenvalue weighted by Crippen LogP contribution is -2.53. The van der Waals surface area contributed by atoms with Crippen molar-refractivity contribution in [2.75, 3.05) is 19.6 Å². The number of likely N-dealkylation sites (tertiary alicyclic amines) is 1. The normalized spacial score (nSPS) is 20.1. The smallest absolute Gasteiger partial charge is 0.113 e. The molecule has 1 aromatic rings. The molecule has 0 aromatic carbocycles. The Morgan fingerprint density at radius 2 is 1.95 bits per heavy atom. The van der Waals surface area contributed by atoms with Gasteiger partial charge in [-0.05, 0) is 47.1 Å². The van der Waals surface area contributed by atoms with Crippen LogP contribution < -0.4 is 5.32 Å². The van der Waals surface area contributed by atoms with Crippen LogP contribution in [0.2, 0.25) is 0 Å². The molecule has 0 amide bonds. The Bertz CT molecular complexity index is 398. The van der Waals surface area contributed by atoms with Crippen molar-refractivity contribution in [1.82, 2.24) is 15.2 Å². The van der Waals surface area contributed by atoms with E-state index in [0.29, 0.717) is 6.04 Å². The molecule has 0 bridgehead atoms. The van der Waals surface area contributed by atoms with E-state index in [0.717, 1.165) is 6.54 Å². The second-order valence-corrected chi connectivity index (χ2v) is 7.18. The largest absolute Gasteiger partial charge is 0.303 e. The van der Waals surface area contributed by atoms with E-state index in [1.165, 1.54) is 41.5 Å². The zero-order chi connectivity index (χ0) is 14.0. The quantitative estimate of drug-likeness (QED) is 0.919. The van der Waals surface area contributed by atoms with Gasteiger partial charge in [-0.15, -0.1) is 11.3 Å². The number of rotatable bonds is 4. The molecule has 1 aromatic heterocycles. The molecule has 4 heteroatoms. The monoisotopic (exact) mass is 281 g/mol. The van der Waals surface area contributed by atoms with Gasteiger partial charge in [0.15, 0.2) is 0 Å². The number of aryl methyl sites for hydroxylation is 2. The lowest BCUT2D eigenvalue weighted by Gasteiger charge is -2.42. The number of nitrogens with one attached hydrogen (secondary N) is 1. The maximum absolute atomic E-state index is 4.85. The molecule has 1 aliphatic heterocycles. The summed E-state index contributed by atoms with van der Waals surface area (Å²) in [6, 6.07) is 0.498. The van der Waals surface area contributed by atoms with Crippen LogP contribution in [-0.4, -0.2) is 35.6 Å². The summed E-state index contributed by atoms with van der Waals surface area (Å²) in [6.07, 6.45) is 2.34. The fraction of sp³-hybridized carbons (Fsp3) is 0.800. The van der Waals surface area contributed by atoms with E-state index >= 15 is 0 Å². The highest BCUT2D eigenvalue weighted by molar-refractivity contribution is 7.11. The van der Waals surface area contributed by atoms with Gasteiger partial charge in [0.25, 0.3) is 0 Å². The number of nitrogens with zero attached hydrogens (tertiary/aromatic N) is 2. The Kier molecular flexibility index (Phi) is 4.64. The van der Waals surface area contributed by atoms with Gasteiger partial charge in [0.05, 0.1) is 11.2 Å².